The number of nitrogens with one attached hydrogen (secondary N) is 4. The average Bonchev–Trinajstić information content (AvgIpc) is 3.12. The number of rotatable bonds is 6. The van der Waals surface area contributed by atoms with Crippen LogP contribution in [-0.4, -0.2) is 18.5 Å². The van der Waals surface area contributed by atoms with E-state index in [2.05, 4.69) is 33.4 Å². The molecular formula is C19H22Cl2N4O2. The molecule has 1 aliphatic heterocycles. The quantitative estimate of drug-likeness (QED) is 0.592. The van der Waals surface area contributed by atoms with E-state index in [4.69, 9.17) is 11.6 Å². The number of benzene rings is 2. The van der Waals surface area contributed by atoms with Crippen LogP contribution in [0, 0.1) is 0 Å². The number of halogens is 2. The number of amides is 3. The second-order valence-corrected chi connectivity index (χ2v) is 6.58. The number of hydrogen-bond donors (Lipinski definition) is 4. The maximum atomic E-state index is 11.9. The summed E-state index contributed by atoms with van der Waals surface area (Å²) in [5.41, 5.74) is 4.56. The third-order valence-corrected chi connectivity index (χ3v) is 4.42. The molecule has 6 nitrogen and oxygen atoms in total. The summed E-state index contributed by atoms with van der Waals surface area (Å²) >= 11 is 5.81. The topological polar surface area (TPSA) is 82.3 Å². The number of carbonyl (C=O) groups is 2. The predicted octanol–water partition coefficient (Wildman–Crippen LogP) is 2.48. The zero-order valence-electron chi connectivity index (χ0n) is 14.7. The second kappa shape index (κ2) is 10.2. The Kier molecular flexibility index (Phi) is 7.91. The molecular weight excluding hydrogens is 387 g/mol. The van der Waals surface area contributed by atoms with E-state index < -0.39 is 6.03 Å². The van der Waals surface area contributed by atoms with Crippen LogP contribution >= 0.6 is 24.0 Å². The van der Waals surface area contributed by atoms with Gasteiger partial charge in [0.15, 0.2) is 0 Å². The third-order valence-electron chi connectivity index (χ3n) is 4.17. The molecule has 1 heterocycles. The van der Waals surface area contributed by atoms with Gasteiger partial charge in [0, 0.05) is 31.2 Å². The van der Waals surface area contributed by atoms with E-state index in [1.165, 1.54) is 11.1 Å². The summed E-state index contributed by atoms with van der Waals surface area (Å²) in [7, 11) is 0. The fraction of sp³-hybridized carbons (Fsp3) is 0.263. The molecule has 1 aliphatic rings. The van der Waals surface area contributed by atoms with Crippen molar-refractivity contribution in [1.29, 1.82) is 0 Å². The van der Waals surface area contributed by atoms with E-state index in [0.717, 1.165) is 24.2 Å². The summed E-state index contributed by atoms with van der Waals surface area (Å²) in [6.07, 6.45) is 0. The molecule has 144 valence electrons. The van der Waals surface area contributed by atoms with Gasteiger partial charge < -0.3 is 21.3 Å². The normalized spacial score (nSPS) is 11.9. The van der Waals surface area contributed by atoms with Crippen molar-refractivity contribution in [2.75, 3.05) is 6.54 Å². The first-order valence-electron chi connectivity index (χ1n) is 8.44. The third kappa shape index (κ3) is 6.43. The molecule has 0 radical (unpaired) electrons. The number of carbonyl (C=O) groups excluding carboxylic acids is 2. The van der Waals surface area contributed by atoms with E-state index in [9.17, 15) is 9.59 Å². The van der Waals surface area contributed by atoms with Crippen molar-refractivity contribution in [3.05, 3.63) is 69.7 Å². The van der Waals surface area contributed by atoms with E-state index >= 15 is 0 Å². The Morgan fingerprint density at radius 1 is 0.889 bits per heavy atom. The molecule has 3 rings (SSSR count). The predicted molar refractivity (Wildman–Crippen MR) is 108 cm³/mol. The highest BCUT2D eigenvalue weighted by Gasteiger charge is 2.10. The fourth-order valence-electron chi connectivity index (χ4n) is 2.73. The van der Waals surface area contributed by atoms with E-state index in [0.29, 0.717) is 18.1 Å². The van der Waals surface area contributed by atoms with Gasteiger partial charge in [-0.2, -0.15) is 0 Å². The standard InChI is InChI=1S/C19H21ClN4O2.ClH/c20-17-5-2-13(3-6-17)8-23-19(26)24-12-18(25)22-9-14-1-4-15-10-21-11-16(15)7-14;/h1-7,21H,8-12H2,(H,22,25)(H2,23,24,26);1H. The highest BCUT2D eigenvalue weighted by Crippen LogP contribution is 2.16. The molecule has 0 fully saturated rings. The molecule has 3 amide bonds. The van der Waals surface area contributed by atoms with Crippen LogP contribution in [0.25, 0.3) is 0 Å². The summed E-state index contributed by atoms with van der Waals surface area (Å²) in [4.78, 5) is 23.6. The summed E-state index contributed by atoms with van der Waals surface area (Å²) in [6, 6.07) is 13.0. The van der Waals surface area contributed by atoms with Crippen molar-refractivity contribution in [2.45, 2.75) is 26.2 Å². The van der Waals surface area contributed by atoms with Gasteiger partial charge in [0.25, 0.3) is 0 Å². The molecule has 0 aromatic heterocycles. The lowest BCUT2D eigenvalue weighted by Gasteiger charge is -2.09. The molecule has 2 aromatic carbocycles. The van der Waals surface area contributed by atoms with Crippen LogP contribution in [0.2, 0.25) is 5.02 Å². The van der Waals surface area contributed by atoms with Gasteiger partial charge in [-0.15, -0.1) is 12.4 Å². The van der Waals surface area contributed by atoms with Crippen molar-refractivity contribution in [3.63, 3.8) is 0 Å². The summed E-state index contributed by atoms with van der Waals surface area (Å²) < 4.78 is 0. The highest BCUT2D eigenvalue weighted by molar-refractivity contribution is 6.30. The molecule has 4 N–H and O–H groups in total. The van der Waals surface area contributed by atoms with Crippen LogP contribution in [0.4, 0.5) is 4.79 Å². The van der Waals surface area contributed by atoms with Crippen molar-refractivity contribution in [1.82, 2.24) is 21.3 Å². The van der Waals surface area contributed by atoms with Crippen molar-refractivity contribution < 1.29 is 9.59 Å². The maximum absolute atomic E-state index is 11.9. The van der Waals surface area contributed by atoms with Gasteiger partial charge in [-0.1, -0.05) is 41.9 Å². The van der Waals surface area contributed by atoms with Gasteiger partial charge in [-0.3, -0.25) is 4.79 Å². The van der Waals surface area contributed by atoms with E-state index in [-0.39, 0.29) is 24.9 Å². The van der Waals surface area contributed by atoms with Crippen molar-refractivity contribution >= 4 is 35.9 Å². The molecule has 2 aromatic rings. The number of fused-ring (bicyclic) bond motifs is 1. The molecule has 0 atom stereocenters. The van der Waals surface area contributed by atoms with Crippen LogP contribution in [0.15, 0.2) is 42.5 Å². The minimum Gasteiger partial charge on any atom is -0.350 e. The van der Waals surface area contributed by atoms with Gasteiger partial charge in [-0.05, 0) is 34.4 Å². The first kappa shape index (κ1) is 21.0. The maximum Gasteiger partial charge on any atom is 0.315 e. The molecule has 0 spiro atoms. The van der Waals surface area contributed by atoms with Gasteiger partial charge in [0.05, 0.1) is 6.54 Å². The molecule has 0 unspecified atom stereocenters. The van der Waals surface area contributed by atoms with Gasteiger partial charge in [0.1, 0.15) is 0 Å². The SMILES string of the molecule is Cl.O=C(CNC(=O)NCc1ccc(Cl)cc1)NCc1ccc2c(c1)CNC2. The van der Waals surface area contributed by atoms with Crippen LogP contribution in [0.5, 0.6) is 0 Å². The molecule has 8 heteroatoms. The van der Waals surface area contributed by atoms with Crippen molar-refractivity contribution in [2.24, 2.45) is 0 Å². The van der Waals surface area contributed by atoms with Crippen LogP contribution in [0.1, 0.15) is 22.3 Å². The zero-order valence-corrected chi connectivity index (χ0v) is 16.3. The Morgan fingerprint density at radius 2 is 1.56 bits per heavy atom. The Labute approximate surface area is 169 Å². The lowest BCUT2D eigenvalue weighted by molar-refractivity contribution is -0.120. The molecule has 0 bridgehead atoms. The molecule has 0 saturated carbocycles. The second-order valence-electron chi connectivity index (χ2n) is 6.15. The zero-order chi connectivity index (χ0) is 18.4. The largest absolute Gasteiger partial charge is 0.350 e. The first-order valence-corrected chi connectivity index (χ1v) is 8.82. The van der Waals surface area contributed by atoms with Gasteiger partial charge >= 0.3 is 6.03 Å². The van der Waals surface area contributed by atoms with Gasteiger partial charge in [-0.25, -0.2) is 4.79 Å². The van der Waals surface area contributed by atoms with Crippen LogP contribution < -0.4 is 21.3 Å². The smallest absolute Gasteiger partial charge is 0.315 e. The summed E-state index contributed by atoms with van der Waals surface area (Å²) in [6.45, 7) is 2.51. The highest BCUT2D eigenvalue weighted by atomic mass is 35.5. The minimum atomic E-state index is -0.390. The fourth-order valence-corrected chi connectivity index (χ4v) is 2.85. The van der Waals surface area contributed by atoms with Crippen LogP contribution in [0.3, 0.4) is 0 Å². The first-order chi connectivity index (χ1) is 12.6. The van der Waals surface area contributed by atoms with Crippen LogP contribution in [-0.2, 0) is 31.0 Å². The number of urea groups is 1. The summed E-state index contributed by atoms with van der Waals surface area (Å²) in [5, 5.41) is 12.0. The van der Waals surface area contributed by atoms with E-state index in [1.807, 2.05) is 18.2 Å². The lowest BCUT2D eigenvalue weighted by Crippen LogP contribution is -2.41. The monoisotopic (exact) mass is 408 g/mol. The minimum absolute atomic E-state index is 0. The summed E-state index contributed by atoms with van der Waals surface area (Å²) in [5.74, 6) is -0.231. The molecule has 0 saturated heterocycles. The lowest BCUT2D eigenvalue weighted by atomic mass is 10.1. The number of hydrogen-bond acceptors (Lipinski definition) is 3. The van der Waals surface area contributed by atoms with E-state index in [1.54, 1.807) is 12.1 Å². The van der Waals surface area contributed by atoms with Crippen molar-refractivity contribution in [3.8, 4) is 0 Å². The molecule has 27 heavy (non-hydrogen) atoms. The Balaban J connectivity index is 0.00000261. The Hall–Kier alpha value is -2.28. The average molecular weight is 409 g/mol. The molecule has 0 aliphatic carbocycles. The Bertz CT molecular complexity index is 797. The van der Waals surface area contributed by atoms with Gasteiger partial charge in [0.2, 0.25) is 5.91 Å². The Morgan fingerprint density at radius 3 is 2.33 bits per heavy atom.